The molecule has 1 aromatic heterocycles. The van der Waals surface area contributed by atoms with Crippen LogP contribution in [0.15, 0.2) is 29.2 Å². The maximum absolute atomic E-state index is 12.7. The normalized spacial score (nSPS) is 11.6. The molecule has 1 atom stereocenters. The predicted octanol–water partition coefficient (Wildman–Crippen LogP) is 3.72. The molecular formula is C21H25NO6S. The van der Waals surface area contributed by atoms with Crippen LogP contribution in [0.1, 0.15) is 46.0 Å². The zero-order valence-corrected chi connectivity index (χ0v) is 18.0. The van der Waals surface area contributed by atoms with Crippen molar-refractivity contribution in [2.75, 3.05) is 19.5 Å². The third kappa shape index (κ3) is 5.63. The Labute approximate surface area is 174 Å². The molecule has 1 heterocycles. The second-order valence-corrected chi connectivity index (χ2v) is 7.35. The van der Waals surface area contributed by atoms with Gasteiger partial charge >= 0.3 is 11.9 Å². The van der Waals surface area contributed by atoms with Crippen molar-refractivity contribution in [1.82, 2.24) is 4.98 Å². The molecule has 0 saturated carbocycles. The Morgan fingerprint density at radius 1 is 1.14 bits per heavy atom. The van der Waals surface area contributed by atoms with Crippen LogP contribution < -0.4 is 4.74 Å². The molecule has 0 radical (unpaired) electrons. The van der Waals surface area contributed by atoms with Gasteiger partial charge < -0.3 is 19.2 Å². The number of nitrogens with one attached hydrogen (secondary N) is 1. The van der Waals surface area contributed by atoms with Crippen LogP contribution in [0.2, 0.25) is 0 Å². The number of aryl methyl sites for hydroxylation is 1. The summed E-state index contributed by atoms with van der Waals surface area (Å²) in [5.74, 6) is -0.587. The number of Topliss-reactive ketones (excluding diaryl/α,β-unsaturated/α-hetero) is 1. The summed E-state index contributed by atoms with van der Waals surface area (Å²) in [6.07, 6.45) is -0.981. The van der Waals surface area contributed by atoms with E-state index >= 15 is 0 Å². The minimum absolute atomic E-state index is 0.0702. The number of aromatic amines is 1. The van der Waals surface area contributed by atoms with Gasteiger partial charge in [-0.05, 0) is 57.5 Å². The van der Waals surface area contributed by atoms with E-state index in [1.807, 2.05) is 12.1 Å². The van der Waals surface area contributed by atoms with Gasteiger partial charge in [-0.1, -0.05) is 0 Å². The fourth-order valence-electron chi connectivity index (χ4n) is 2.81. The molecule has 0 aliphatic heterocycles. The van der Waals surface area contributed by atoms with E-state index in [2.05, 4.69) is 4.98 Å². The average molecular weight is 419 g/mol. The van der Waals surface area contributed by atoms with E-state index in [-0.39, 0.29) is 18.1 Å². The third-order valence-corrected chi connectivity index (χ3v) is 5.24. The Bertz CT molecular complexity index is 887. The molecule has 0 unspecified atom stereocenters. The summed E-state index contributed by atoms with van der Waals surface area (Å²) >= 11 is 1.31. The number of rotatable bonds is 9. The first-order chi connectivity index (χ1) is 13.8. The Hall–Kier alpha value is -2.74. The maximum atomic E-state index is 12.7. The molecule has 1 N–H and O–H groups in total. The van der Waals surface area contributed by atoms with E-state index in [0.717, 1.165) is 10.6 Å². The maximum Gasteiger partial charge on any atom is 0.340 e. The SMILES string of the molecule is CCOC(=O)c1c(C)[nH]c(C(=O)[C@@H](C)OC(=O)CSc2ccc(OC)cc2)c1C. The summed E-state index contributed by atoms with van der Waals surface area (Å²) in [6, 6.07) is 7.29. The first-order valence-electron chi connectivity index (χ1n) is 9.15. The Morgan fingerprint density at radius 3 is 2.38 bits per heavy atom. The third-order valence-electron chi connectivity index (χ3n) is 4.26. The quantitative estimate of drug-likeness (QED) is 0.376. The number of aromatic nitrogens is 1. The van der Waals surface area contributed by atoms with Crippen LogP contribution in [0.25, 0.3) is 0 Å². The van der Waals surface area contributed by atoms with E-state index in [0.29, 0.717) is 16.8 Å². The highest BCUT2D eigenvalue weighted by atomic mass is 32.2. The molecule has 29 heavy (non-hydrogen) atoms. The largest absolute Gasteiger partial charge is 0.497 e. The number of benzene rings is 1. The van der Waals surface area contributed by atoms with Crippen LogP contribution in [0.3, 0.4) is 0 Å². The smallest absolute Gasteiger partial charge is 0.340 e. The van der Waals surface area contributed by atoms with Gasteiger partial charge in [-0.15, -0.1) is 11.8 Å². The lowest BCUT2D eigenvalue weighted by Crippen LogP contribution is -2.26. The van der Waals surface area contributed by atoms with Gasteiger partial charge in [0, 0.05) is 10.6 Å². The molecule has 0 aliphatic rings. The van der Waals surface area contributed by atoms with Gasteiger partial charge in [-0.3, -0.25) is 9.59 Å². The van der Waals surface area contributed by atoms with E-state index < -0.39 is 23.8 Å². The van der Waals surface area contributed by atoms with Crippen LogP contribution in [0, 0.1) is 13.8 Å². The van der Waals surface area contributed by atoms with Crippen LogP contribution >= 0.6 is 11.8 Å². The molecule has 0 fully saturated rings. The Morgan fingerprint density at radius 2 is 1.79 bits per heavy atom. The van der Waals surface area contributed by atoms with Crippen molar-refractivity contribution in [3.8, 4) is 5.75 Å². The van der Waals surface area contributed by atoms with E-state index in [1.54, 1.807) is 40.0 Å². The number of hydrogen-bond donors (Lipinski definition) is 1. The molecule has 0 bridgehead atoms. The van der Waals surface area contributed by atoms with Gasteiger partial charge in [0.05, 0.1) is 30.7 Å². The highest BCUT2D eigenvalue weighted by Gasteiger charge is 2.27. The highest BCUT2D eigenvalue weighted by molar-refractivity contribution is 8.00. The van der Waals surface area contributed by atoms with Crippen molar-refractivity contribution >= 4 is 29.5 Å². The topological polar surface area (TPSA) is 94.7 Å². The number of methoxy groups -OCH3 is 1. The predicted molar refractivity (Wildman–Crippen MR) is 110 cm³/mol. The van der Waals surface area contributed by atoms with Gasteiger partial charge in [0.15, 0.2) is 6.10 Å². The number of ketones is 1. The molecule has 7 nitrogen and oxygen atoms in total. The molecule has 2 rings (SSSR count). The summed E-state index contributed by atoms with van der Waals surface area (Å²) in [4.78, 5) is 40.7. The Balaban J connectivity index is 1.98. The first kappa shape index (κ1) is 22.5. The molecule has 0 spiro atoms. The number of thioether (sulfide) groups is 1. The fourth-order valence-corrected chi connectivity index (χ4v) is 3.49. The van der Waals surface area contributed by atoms with Crippen LogP contribution in [0.4, 0.5) is 0 Å². The second kappa shape index (κ2) is 10.2. The van der Waals surface area contributed by atoms with Gasteiger partial charge in [-0.2, -0.15) is 0 Å². The van der Waals surface area contributed by atoms with Crippen LogP contribution in [-0.2, 0) is 14.3 Å². The van der Waals surface area contributed by atoms with Crippen molar-refractivity contribution in [2.45, 2.75) is 38.7 Å². The minimum atomic E-state index is -0.981. The number of carbonyl (C=O) groups is 3. The van der Waals surface area contributed by atoms with E-state index in [9.17, 15) is 14.4 Å². The van der Waals surface area contributed by atoms with Gasteiger partial charge in [0.1, 0.15) is 5.75 Å². The Kier molecular flexibility index (Phi) is 7.90. The molecular weight excluding hydrogens is 394 g/mol. The standard InChI is InChI=1S/C21H25NO6S/c1-6-27-21(25)18-12(2)19(22-13(18)3)20(24)14(4)28-17(23)11-29-16-9-7-15(26-5)8-10-16/h7-10,14,22H,6,11H2,1-5H3/t14-/m1/s1. The van der Waals surface area contributed by atoms with Gasteiger partial charge in [-0.25, -0.2) is 4.79 Å². The molecule has 2 aromatic rings. The molecule has 0 saturated heterocycles. The highest BCUT2D eigenvalue weighted by Crippen LogP contribution is 2.23. The molecule has 0 aliphatic carbocycles. The number of hydrogen-bond acceptors (Lipinski definition) is 7. The van der Waals surface area contributed by atoms with Crippen molar-refractivity contribution in [2.24, 2.45) is 0 Å². The summed E-state index contributed by atoms with van der Waals surface area (Å²) in [6.45, 7) is 6.83. The lowest BCUT2D eigenvalue weighted by Gasteiger charge is -2.12. The molecule has 156 valence electrons. The zero-order valence-electron chi connectivity index (χ0n) is 17.2. The lowest BCUT2D eigenvalue weighted by atomic mass is 10.1. The number of esters is 2. The lowest BCUT2D eigenvalue weighted by molar-refractivity contribution is -0.143. The average Bonchev–Trinajstić information content (AvgIpc) is 3.00. The van der Waals surface area contributed by atoms with Gasteiger partial charge in [0.2, 0.25) is 5.78 Å². The summed E-state index contributed by atoms with van der Waals surface area (Å²) in [5, 5.41) is 0. The van der Waals surface area contributed by atoms with Crippen LogP contribution in [-0.4, -0.2) is 48.3 Å². The van der Waals surface area contributed by atoms with E-state index in [1.165, 1.54) is 18.7 Å². The number of carbonyl (C=O) groups excluding carboxylic acids is 3. The summed E-state index contributed by atoms with van der Waals surface area (Å²) < 4.78 is 15.4. The van der Waals surface area contributed by atoms with Crippen molar-refractivity contribution < 1.29 is 28.6 Å². The summed E-state index contributed by atoms with van der Waals surface area (Å²) in [5.41, 5.74) is 1.61. The van der Waals surface area contributed by atoms with Crippen molar-refractivity contribution in [3.63, 3.8) is 0 Å². The number of H-pyrrole nitrogens is 1. The minimum Gasteiger partial charge on any atom is -0.497 e. The number of ether oxygens (including phenoxy) is 3. The summed E-state index contributed by atoms with van der Waals surface area (Å²) in [7, 11) is 1.58. The second-order valence-electron chi connectivity index (χ2n) is 6.31. The van der Waals surface area contributed by atoms with Crippen molar-refractivity contribution in [1.29, 1.82) is 0 Å². The van der Waals surface area contributed by atoms with E-state index in [4.69, 9.17) is 14.2 Å². The molecule has 0 amide bonds. The fraction of sp³-hybridized carbons (Fsp3) is 0.381. The first-order valence-corrected chi connectivity index (χ1v) is 10.1. The van der Waals surface area contributed by atoms with Gasteiger partial charge in [0.25, 0.3) is 0 Å². The van der Waals surface area contributed by atoms with Crippen LogP contribution in [0.5, 0.6) is 5.75 Å². The zero-order chi connectivity index (χ0) is 21.6. The monoisotopic (exact) mass is 419 g/mol. The van der Waals surface area contributed by atoms with Crippen molar-refractivity contribution in [3.05, 3.63) is 46.8 Å². The molecule has 8 heteroatoms. The molecule has 1 aromatic carbocycles.